The number of carboxylic acids is 4. The number of rotatable bonds is 31. The van der Waals surface area contributed by atoms with Crippen LogP contribution in [0.2, 0.25) is 0 Å². The lowest BCUT2D eigenvalue weighted by molar-refractivity contribution is -0.119. The van der Waals surface area contributed by atoms with E-state index in [1.165, 1.54) is 103 Å². The smallest absolute Gasteiger partial charge is 0.335 e. The van der Waals surface area contributed by atoms with Crippen LogP contribution in [0.25, 0.3) is 22.7 Å². The lowest BCUT2D eigenvalue weighted by atomic mass is 10.0. The molecule has 584 valence electrons. The quantitative estimate of drug-likeness (QED) is 0.0187. The number of carboxylic acid groups (broad SMARTS) is 4. The molecule has 0 amide bonds. The predicted molar refractivity (Wildman–Crippen MR) is 412 cm³/mol. The number of nitrogens with zero attached hydrogens (tertiary/aromatic N) is 16. The van der Waals surface area contributed by atoms with Gasteiger partial charge >= 0.3 is 23.9 Å². The molecule has 114 heavy (non-hydrogen) atoms. The Labute approximate surface area is 665 Å². The fourth-order valence-electron chi connectivity index (χ4n) is 9.81. The minimum Gasteiger partial charge on any atom is -0.478 e. The summed E-state index contributed by atoms with van der Waals surface area (Å²) in [6.07, 6.45) is 3.57. The maximum atomic E-state index is 12.5. The SMILES string of the molecule is CS(=O)(=O)Cc1ccc(C(=O)CSc2nnnn2-c2ccc(C(=O)O)cc2)cc1.NS(=O)(=O)c1ccc(C(=O)CSc2nnnn2-c2ccc(C(=O)O)cc2)cc1.NS(=O)c1ccc(C(=O)CSc2nnnn2-c2ccc(C(=O)O)cc2)cc1.O=C(O)c1ccc(-n2nnnc2SCC(=O)c2ccc(CC(=O)C3CC3)cc2)cc1. The van der Waals surface area contributed by atoms with Crippen molar-refractivity contribution in [3.8, 4) is 22.7 Å². The number of aromatic nitrogens is 16. The maximum absolute atomic E-state index is 12.5. The standard InChI is InChI=1S/C21H18N4O4S.C18H16N4O5S2.C16H13N5O5S2.C16H13N5O4S2/c26-18(14-5-6-14)11-13-1-3-15(4-2-13)19(27)12-30-21-22-23-24-25(21)17-9-7-16(8-10-17)20(28)29;1-29(26,27)11-12-2-4-13(5-3-12)16(23)10-28-18-19-20-21-22(18)15-8-6-14(7-9-15)17(24)25;17-28(25,26)13-7-3-10(4-8-13)14(22)9-27-16-18-19-20-21(16)12-5-1-11(2-6-12)15(23)24;17-27(25)13-7-3-10(4-8-13)14(22)9-26-16-18-19-20-21(16)12-5-1-11(2-6-12)15(23)24/h1-4,7-10,14H,5-6,11-12H2,(H,28,29);2-9H,10-11H2,1H3,(H,24,25);1-8H,9H2,(H,23,24)(H2,17,25,26);1-8H,9,17H2,(H,23,24). The number of sulfone groups is 1. The van der Waals surface area contributed by atoms with E-state index in [-0.39, 0.29) is 90.7 Å². The molecule has 0 aliphatic heterocycles. The molecule has 0 radical (unpaired) electrons. The second-order valence-corrected chi connectivity index (χ2v) is 32.6. The van der Waals surface area contributed by atoms with Crippen molar-refractivity contribution in [1.29, 1.82) is 0 Å². The van der Waals surface area contributed by atoms with Gasteiger partial charge in [0.05, 0.1) is 83.6 Å². The van der Waals surface area contributed by atoms with Gasteiger partial charge in [0.1, 0.15) is 16.8 Å². The number of sulfonamides is 1. The van der Waals surface area contributed by atoms with Crippen molar-refractivity contribution in [1.82, 2.24) is 80.8 Å². The van der Waals surface area contributed by atoms with Crippen molar-refractivity contribution in [2.45, 2.75) is 55.4 Å². The maximum Gasteiger partial charge on any atom is 0.335 e. The van der Waals surface area contributed by atoms with Crippen LogP contribution in [0.5, 0.6) is 0 Å². The number of carbonyl (C=O) groups is 9. The van der Waals surface area contributed by atoms with E-state index in [1.54, 1.807) is 109 Å². The molecule has 1 fully saturated rings. The monoisotopic (exact) mass is 1680 g/mol. The molecule has 8 N–H and O–H groups in total. The van der Waals surface area contributed by atoms with Gasteiger partial charge in [-0.3, -0.25) is 24.0 Å². The molecule has 0 saturated heterocycles. The van der Waals surface area contributed by atoms with Crippen LogP contribution in [-0.2, 0) is 47.8 Å². The van der Waals surface area contributed by atoms with E-state index in [2.05, 4.69) is 62.1 Å². The molecule has 8 aromatic carbocycles. The number of aromatic carboxylic acids is 4. The second-order valence-electron chi connectivity index (χ2n) is 24.0. The Balaban J connectivity index is 0.000000161. The van der Waals surface area contributed by atoms with Crippen molar-refractivity contribution in [2.24, 2.45) is 16.2 Å². The zero-order valence-corrected chi connectivity index (χ0v) is 64.6. The third-order valence-corrected chi connectivity index (χ3v) is 22.0. The molecule has 4 aromatic heterocycles. The highest BCUT2D eigenvalue weighted by molar-refractivity contribution is 8.00. The summed E-state index contributed by atoms with van der Waals surface area (Å²) in [5, 5.41) is 93.3. The lowest BCUT2D eigenvalue weighted by Crippen LogP contribution is -2.12. The second kappa shape index (κ2) is 38.7. The van der Waals surface area contributed by atoms with Crippen LogP contribution in [0.1, 0.15) is 107 Å². The van der Waals surface area contributed by atoms with Gasteiger partial charge in [0.15, 0.2) is 33.0 Å². The van der Waals surface area contributed by atoms with E-state index >= 15 is 0 Å². The van der Waals surface area contributed by atoms with Crippen LogP contribution >= 0.6 is 47.0 Å². The molecule has 1 unspecified atom stereocenters. The highest BCUT2D eigenvalue weighted by Crippen LogP contribution is 2.32. The number of primary sulfonamides is 1. The average molecular weight is 1680 g/mol. The number of thioether (sulfide) groups is 4. The zero-order valence-electron chi connectivity index (χ0n) is 58.9. The number of tetrazole rings is 4. The molecule has 13 rings (SSSR count). The molecule has 43 heteroatoms. The summed E-state index contributed by atoms with van der Waals surface area (Å²) in [7, 11) is -8.55. The zero-order chi connectivity index (χ0) is 81.8. The number of Topliss-reactive ketones (excluding diaryl/α,β-unsaturated/α-hetero) is 5. The minimum atomic E-state index is -3.82. The van der Waals surface area contributed by atoms with Crippen LogP contribution < -0.4 is 10.3 Å². The highest BCUT2D eigenvalue weighted by Gasteiger charge is 2.29. The van der Waals surface area contributed by atoms with Crippen LogP contribution in [0, 0.1) is 5.92 Å². The molecule has 0 bridgehead atoms. The van der Waals surface area contributed by atoms with Gasteiger partial charge in [0, 0.05) is 40.8 Å². The third kappa shape index (κ3) is 23.8. The van der Waals surface area contributed by atoms with Crippen LogP contribution in [-0.4, -0.2) is 204 Å². The highest BCUT2D eigenvalue weighted by atomic mass is 32.2. The number of hydrogen-bond donors (Lipinski definition) is 6. The number of benzene rings is 8. The third-order valence-electron chi connectivity index (χ3n) is 15.8. The Morgan fingerprint density at radius 3 is 0.895 bits per heavy atom. The number of carbonyl (C=O) groups excluding carboxylic acids is 5. The largest absolute Gasteiger partial charge is 0.478 e. The van der Waals surface area contributed by atoms with Crippen molar-refractivity contribution in [3.63, 3.8) is 0 Å². The van der Waals surface area contributed by atoms with E-state index < -0.39 is 54.7 Å². The van der Waals surface area contributed by atoms with E-state index in [0.717, 1.165) is 59.9 Å². The first-order valence-electron chi connectivity index (χ1n) is 32.8. The summed E-state index contributed by atoms with van der Waals surface area (Å²) in [6.45, 7) is 0. The molecule has 4 heterocycles. The van der Waals surface area contributed by atoms with Crippen molar-refractivity contribution in [3.05, 3.63) is 250 Å². The van der Waals surface area contributed by atoms with E-state index in [0.29, 0.717) is 82.5 Å². The van der Waals surface area contributed by atoms with Crippen molar-refractivity contribution in [2.75, 3.05) is 29.3 Å². The number of hydrogen-bond acceptors (Lipinski definition) is 30. The van der Waals surface area contributed by atoms with Gasteiger partial charge in [-0.2, -0.15) is 18.7 Å². The normalized spacial score (nSPS) is 12.0. The van der Waals surface area contributed by atoms with Gasteiger partial charge in [-0.15, -0.1) is 20.4 Å². The summed E-state index contributed by atoms with van der Waals surface area (Å²) in [4.78, 5) is 106. The first-order chi connectivity index (χ1) is 54.4. The Morgan fingerprint density at radius 1 is 0.395 bits per heavy atom. The van der Waals surface area contributed by atoms with Crippen LogP contribution in [0.15, 0.2) is 225 Å². The average Bonchev–Trinajstić information content (AvgIpc) is 1.64. The van der Waals surface area contributed by atoms with Gasteiger partial charge in [-0.05, 0) is 187 Å². The Bertz CT molecular complexity index is 5780. The summed E-state index contributed by atoms with van der Waals surface area (Å²) in [5.74, 6) is -3.97. The molecule has 12 aromatic rings. The molecule has 1 saturated carbocycles. The van der Waals surface area contributed by atoms with Gasteiger partial charge < -0.3 is 20.4 Å². The predicted octanol–water partition coefficient (Wildman–Crippen LogP) is 7.04. The number of ketones is 5. The molecule has 0 spiro atoms. The van der Waals surface area contributed by atoms with E-state index in [1.807, 2.05) is 12.1 Å². The van der Waals surface area contributed by atoms with Gasteiger partial charge in [0.2, 0.25) is 30.6 Å². The lowest BCUT2D eigenvalue weighted by Gasteiger charge is -2.05. The Hall–Kier alpha value is -12.4. The van der Waals surface area contributed by atoms with Gasteiger partial charge in [-0.1, -0.05) is 120 Å². The summed E-state index contributed by atoms with van der Waals surface area (Å²) >= 11 is 4.58. The van der Waals surface area contributed by atoms with Crippen molar-refractivity contribution < 1.29 is 84.6 Å². The van der Waals surface area contributed by atoms with E-state index in [4.69, 9.17) is 30.7 Å². The topological polar surface area (TPSA) is 546 Å². The molecule has 1 aliphatic rings. The minimum absolute atomic E-state index is 0.0162. The Kier molecular flexibility index (Phi) is 28.6. The molecule has 36 nitrogen and oxygen atoms in total. The van der Waals surface area contributed by atoms with Gasteiger partial charge in [0.25, 0.3) is 0 Å². The fourth-order valence-corrected chi connectivity index (χ4v) is 14.7. The summed E-state index contributed by atoms with van der Waals surface area (Å²) < 4.78 is 62.0. The van der Waals surface area contributed by atoms with Crippen LogP contribution in [0.3, 0.4) is 0 Å². The van der Waals surface area contributed by atoms with Crippen molar-refractivity contribution >= 4 is 131 Å². The first-order valence-corrected chi connectivity index (χ1v) is 41.6. The summed E-state index contributed by atoms with van der Waals surface area (Å²) in [6, 6.07) is 49.3. The fraction of sp³-hybridized carbons (Fsp3) is 0.141. The van der Waals surface area contributed by atoms with Gasteiger partial charge in [-0.25, -0.2) is 50.5 Å². The Morgan fingerprint density at radius 2 is 0.649 bits per heavy atom. The molecular weight excluding hydrogens is 1620 g/mol. The molecule has 1 atom stereocenters. The van der Waals surface area contributed by atoms with Crippen LogP contribution in [0.4, 0.5) is 0 Å². The summed E-state index contributed by atoms with van der Waals surface area (Å²) in [5.41, 5.74) is 6.23. The van der Waals surface area contributed by atoms with E-state index in [9.17, 15) is 64.2 Å². The molecular formula is C71H60N18O18S7. The first kappa shape index (κ1) is 84.1. The molecule has 1 aliphatic carbocycles. The number of nitrogens with two attached hydrogens (primary N) is 2.